The van der Waals surface area contributed by atoms with Gasteiger partial charge in [-0.15, -0.1) is 0 Å². The number of aromatic amines is 1. The van der Waals surface area contributed by atoms with Gasteiger partial charge in [0.1, 0.15) is 0 Å². The molecule has 1 nitrogen and oxygen atoms in total. The Labute approximate surface area is 117 Å². The van der Waals surface area contributed by atoms with Crippen molar-refractivity contribution < 1.29 is 0 Å². The number of fused-ring (bicyclic) bond motifs is 3. The summed E-state index contributed by atoms with van der Waals surface area (Å²) in [5.74, 6) is 0. The zero-order valence-electron chi connectivity index (χ0n) is 11.4. The van der Waals surface area contributed by atoms with Crippen LogP contribution < -0.4 is 0 Å². The summed E-state index contributed by atoms with van der Waals surface area (Å²) in [6.07, 6.45) is 0. The maximum atomic E-state index is 3.59. The Morgan fingerprint density at radius 3 is 2.35 bits per heavy atom. The lowest BCUT2D eigenvalue weighted by molar-refractivity contribution is 1.50. The van der Waals surface area contributed by atoms with E-state index in [0.29, 0.717) is 0 Å². The Morgan fingerprint density at radius 1 is 0.750 bits per heavy atom. The van der Waals surface area contributed by atoms with Crippen molar-refractivity contribution in [2.45, 2.75) is 6.92 Å². The van der Waals surface area contributed by atoms with Crippen LogP contribution in [-0.4, -0.2) is 4.98 Å². The molecular weight excluding hydrogens is 242 g/mol. The largest absolute Gasteiger partial charge is 0.354 e. The van der Waals surface area contributed by atoms with Gasteiger partial charge in [-0.2, -0.15) is 0 Å². The normalized spacial score (nSPS) is 11.2. The zero-order valence-corrected chi connectivity index (χ0v) is 11.4. The van der Waals surface area contributed by atoms with E-state index in [4.69, 9.17) is 0 Å². The summed E-state index contributed by atoms with van der Waals surface area (Å²) in [5, 5.41) is 2.64. The van der Waals surface area contributed by atoms with Gasteiger partial charge >= 0.3 is 0 Å². The van der Waals surface area contributed by atoms with Crippen LogP contribution >= 0.6 is 0 Å². The number of aromatic nitrogens is 1. The predicted molar refractivity (Wildman–Crippen MR) is 86.0 cm³/mol. The number of para-hydroxylation sites is 1. The molecule has 4 rings (SSSR count). The first-order valence-electron chi connectivity index (χ1n) is 6.90. The summed E-state index contributed by atoms with van der Waals surface area (Å²) in [6, 6.07) is 23.5. The van der Waals surface area contributed by atoms with Crippen LogP contribution in [0.2, 0.25) is 0 Å². The minimum Gasteiger partial charge on any atom is -0.354 e. The summed E-state index contributed by atoms with van der Waals surface area (Å²) < 4.78 is 0. The number of nitrogens with one attached hydrogen (secondary N) is 1. The van der Waals surface area contributed by atoms with E-state index >= 15 is 0 Å². The summed E-state index contributed by atoms with van der Waals surface area (Å²) in [5.41, 5.74) is 6.27. The molecular formula is C19H15N. The Kier molecular flexibility index (Phi) is 2.40. The molecule has 4 aromatic rings. The number of hydrogen-bond acceptors (Lipinski definition) is 0. The maximum absolute atomic E-state index is 3.59. The fourth-order valence-electron chi connectivity index (χ4n) is 2.99. The molecule has 1 heteroatoms. The Morgan fingerprint density at radius 2 is 1.50 bits per heavy atom. The fourth-order valence-corrected chi connectivity index (χ4v) is 2.99. The van der Waals surface area contributed by atoms with E-state index in [1.54, 1.807) is 0 Å². The maximum Gasteiger partial charge on any atom is 0.0547 e. The number of benzene rings is 3. The van der Waals surface area contributed by atoms with Crippen LogP contribution in [0.15, 0.2) is 66.7 Å². The number of aryl methyl sites for hydroxylation is 1. The smallest absolute Gasteiger partial charge is 0.0547 e. The molecule has 1 heterocycles. The Bertz CT molecular complexity index is 901. The predicted octanol–water partition coefficient (Wildman–Crippen LogP) is 5.30. The molecule has 1 N–H and O–H groups in total. The van der Waals surface area contributed by atoms with Gasteiger partial charge in [0.25, 0.3) is 0 Å². The lowest BCUT2D eigenvalue weighted by Crippen LogP contribution is -1.82. The van der Waals surface area contributed by atoms with Crippen molar-refractivity contribution in [3.05, 3.63) is 72.3 Å². The third-order valence-corrected chi connectivity index (χ3v) is 3.95. The lowest BCUT2D eigenvalue weighted by Gasteiger charge is -2.05. The standard InChI is InChI=1S/C19H15N/c1-13-11-12-15(14-7-3-2-4-8-14)19-18(13)16-9-5-6-10-17(16)20-19/h2-12,20H,1H3. The van der Waals surface area contributed by atoms with Crippen LogP contribution in [0.5, 0.6) is 0 Å². The molecule has 0 saturated carbocycles. The number of H-pyrrole nitrogens is 1. The van der Waals surface area contributed by atoms with Crippen LogP contribution in [-0.2, 0) is 0 Å². The first kappa shape index (κ1) is 11.3. The van der Waals surface area contributed by atoms with Gasteiger partial charge in [0, 0.05) is 21.9 Å². The molecule has 0 unspecified atom stereocenters. The van der Waals surface area contributed by atoms with Crippen molar-refractivity contribution in [1.82, 2.24) is 4.98 Å². The van der Waals surface area contributed by atoms with Gasteiger partial charge in [-0.25, -0.2) is 0 Å². The molecule has 0 aliphatic carbocycles. The van der Waals surface area contributed by atoms with E-state index in [-0.39, 0.29) is 0 Å². The highest BCUT2D eigenvalue weighted by atomic mass is 14.7. The molecule has 0 spiro atoms. The summed E-state index contributed by atoms with van der Waals surface area (Å²) in [4.78, 5) is 3.59. The molecule has 20 heavy (non-hydrogen) atoms. The first-order chi connectivity index (χ1) is 9.84. The molecule has 0 saturated heterocycles. The first-order valence-corrected chi connectivity index (χ1v) is 6.90. The van der Waals surface area contributed by atoms with Gasteiger partial charge in [0.15, 0.2) is 0 Å². The molecule has 96 valence electrons. The second kappa shape index (κ2) is 4.24. The summed E-state index contributed by atoms with van der Waals surface area (Å²) in [7, 11) is 0. The third kappa shape index (κ3) is 1.56. The van der Waals surface area contributed by atoms with Gasteiger partial charge < -0.3 is 4.98 Å². The third-order valence-electron chi connectivity index (χ3n) is 3.95. The van der Waals surface area contributed by atoms with Gasteiger partial charge in [-0.3, -0.25) is 0 Å². The molecule has 0 aliphatic rings. The van der Waals surface area contributed by atoms with E-state index in [0.717, 1.165) is 0 Å². The molecule has 1 aromatic heterocycles. The molecule has 0 radical (unpaired) electrons. The van der Waals surface area contributed by atoms with E-state index in [9.17, 15) is 0 Å². The summed E-state index contributed by atoms with van der Waals surface area (Å²) in [6.45, 7) is 2.18. The molecule has 0 aliphatic heterocycles. The summed E-state index contributed by atoms with van der Waals surface area (Å²) >= 11 is 0. The van der Waals surface area contributed by atoms with Crippen molar-refractivity contribution in [2.75, 3.05) is 0 Å². The molecule has 0 atom stereocenters. The average molecular weight is 257 g/mol. The molecule has 3 aromatic carbocycles. The lowest BCUT2D eigenvalue weighted by atomic mass is 9.99. The highest BCUT2D eigenvalue weighted by molar-refractivity contribution is 6.13. The average Bonchev–Trinajstić information content (AvgIpc) is 2.88. The van der Waals surface area contributed by atoms with Gasteiger partial charge in [0.05, 0.1) is 5.52 Å². The van der Waals surface area contributed by atoms with Crippen molar-refractivity contribution in [2.24, 2.45) is 0 Å². The van der Waals surface area contributed by atoms with E-state index in [1.165, 1.54) is 38.5 Å². The van der Waals surface area contributed by atoms with Gasteiger partial charge in [-0.1, -0.05) is 60.7 Å². The molecule has 0 fully saturated rings. The van der Waals surface area contributed by atoms with Crippen LogP contribution in [0.4, 0.5) is 0 Å². The Hall–Kier alpha value is -2.54. The number of rotatable bonds is 1. The molecule has 0 amide bonds. The van der Waals surface area contributed by atoms with Crippen molar-refractivity contribution in [1.29, 1.82) is 0 Å². The topological polar surface area (TPSA) is 15.8 Å². The van der Waals surface area contributed by atoms with Crippen molar-refractivity contribution in [3.63, 3.8) is 0 Å². The second-order valence-electron chi connectivity index (χ2n) is 5.22. The van der Waals surface area contributed by atoms with Crippen LogP contribution in [0.25, 0.3) is 32.9 Å². The second-order valence-corrected chi connectivity index (χ2v) is 5.22. The monoisotopic (exact) mass is 257 g/mol. The Balaban J connectivity index is 2.16. The van der Waals surface area contributed by atoms with Crippen LogP contribution in [0.3, 0.4) is 0 Å². The quantitative estimate of drug-likeness (QED) is 0.476. The fraction of sp³-hybridized carbons (Fsp3) is 0.0526. The van der Waals surface area contributed by atoms with E-state index in [2.05, 4.69) is 78.6 Å². The SMILES string of the molecule is Cc1ccc(-c2ccccc2)c2[nH]c3ccccc3c12. The van der Waals surface area contributed by atoms with E-state index < -0.39 is 0 Å². The van der Waals surface area contributed by atoms with Crippen molar-refractivity contribution in [3.8, 4) is 11.1 Å². The van der Waals surface area contributed by atoms with Gasteiger partial charge in [-0.05, 0) is 24.1 Å². The van der Waals surface area contributed by atoms with Gasteiger partial charge in [0.2, 0.25) is 0 Å². The van der Waals surface area contributed by atoms with Crippen LogP contribution in [0.1, 0.15) is 5.56 Å². The highest BCUT2D eigenvalue weighted by Crippen LogP contribution is 2.34. The number of hydrogen-bond donors (Lipinski definition) is 1. The van der Waals surface area contributed by atoms with E-state index in [1.807, 2.05) is 0 Å². The minimum absolute atomic E-state index is 1.20. The minimum atomic E-state index is 1.20. The highest BCUT2D eigenvalue weighted by Gasteiger charge is 2.11. The molecule has 0 bridgehead atoms. The van der Waals surface area contributed by atoms with Crippen LogP contribution in [0, 0.1) is 6.92 Å². The zero-order chi connectivity index (χ0) is 13.5. The van der Waals surface area contributed by atoms with Crippen molar-refractivity contribution >= 4 is 21.8 Å².